The van der Waals surface area contributed by atoms with Crippen molar-refractivity contribution in [2.24, 2.45) is 0 Å². The molecule has 1 aliphatic rings. The quantitative estimate of drug-likeness (QED) is 0.702. The monoisotopic (exact) mass is 396 g/mol. The molecule has 1 aliphatic heterocycles. The van der Waals surface area contributed by atoms with Crippen molar-refractivity contribution in [3.8, 4) is 5.75 Å². The molecule has 0 saturated carbocycles. The summed E-state index contributed by atoms with van der Waals surface area (Å²) in [6.07, 6.45) is 0. The van der Waals surface area contributed by atoms with E-state index >= 15 is 0 Å². The third kappa shape index (κ3) is 3.05. The topological polar surface area (TPSA) is 35.5 Å². The van der Waals surface area contributed by atoms with Crippen molar-refractivity contribution in [1.82, 2.24) is 0 Å². The van der Waals surface area contributed by atoms with Crippen LogP contribution in [0.4, 0.5) is 0 Å². The first-order valence-electron chi connectivity index (χ1n) is 6.75. The van der Waals surface area contributed by atoms with Crippen molar-refractivity contribution in [1.29, 1.82) is 0 Å². The second kappa shape index (κ2) is 5.33. The first kappa shape index (κ1) is 14.4. The van der Waals surface area contributed by atoms with Crippen molar-refractivity contribution in [2.45, 2.75) is 26.4 Å². The number of hydrogen-bond donors (Lipinski definition) is 0. The Bertz CT molecular complexity index is 671. The Labute approximate surface area is 132 Å². The van der Waals surface area contributed by atoms with Crippen LogP contribution >= 0.6 is 20.2 Å². The molecule has 0 unspecified atom stereocenters. The summed E-state index contributed by atoms with van der Waals surface area (Å²) in [6, 6.07) is 15.6. The fraction of sp³-hybridized carbons (Fsp3) is 0.235. The second-order valence-electron chi connectivity index (χ2n) is 5.76. The summed E-state index contributed by atoms with van der Waals surface area (Å²) in [5.41, 5.74) is 0.505. The van der Waals surface area contributed by atoms with E-state index in [2.05, 4.69) is 0 Å². The van der Waals surface area contributed by atoms with Crippen LogP contribution in [0.5, 0.6) is 5.75 Å². The summed E-state index contributed by atoms with van der Waals surface area (Å²) in [6.45, 7) is 6.06. The van der Waals surface area contributed by atoms with Gasteiger partial charge in [0.1, 0.15) is 0 Å². The predicted octanol–water partition coefficient (Wildman–Crippen LogP) is 4.50. The van der Waals surface area contributed by atoms with Gasteiger partial charge in [0.2, 0.25) is 0 Å². The maximum absolute atomic E-state index is 11.9. The summed E-state index contributed by atoms with van der Waals surface area (Å²) in [7, 11) is 0. The molecule has 0 bridgehead atoms. The number of fused-ring (bicyclic) bond motifs is 1. The van der Waals surface area contributed by atoms with Gasteiger partial charge in [0.15, 0.2) is 0 Å². The summed E-state index contributed by atoms with van der Waals surface area (Å²) < 4.78 is 13.6. The number of halogens is 1. The van der Waals surface area contributed by atoms with Crippen molar-refractivity contribution in [2.75, 3.05) is 0 Å². The van der Waals surface area contributed by atoms with E-state index in [-0.39, 0.29) is 11.6 Å². The first-order valence-corrected chi connectivity index (χ1v) is 9.79. The van der Waals surface area contributed by atoms with E-state index < -0.39 is 20.2 Å². The van der Waals surface area contributed by atoms with Gasteiger partial charge >= 0.3 is 132 Å². The molecule has 3 rings (SSSR count). The molecule has 0 radical (unpaired) electrons. The summed E-state index contributed by atoms with van der Waals surface area (Å²) in [4.78, 5) is 11.9. The Balaban J connectivity index is 1.88. The van der Waals surface area contributed by atoms with Crippen LogP contribution in [0.25, 0.3) is 0 Å². The van der Waals surface area contributed by atoms with E-state index in [1.807, 2.05) is 69.3 Å². The first-order chi connectivity index (χ1) is 9.94. The molecule has 0 fully saturated rings. The van der Waals surface area contributed by atoms with E-state index in [1.54, 1.807) is 0 Å². The summed E-state index contributed by atoms with van der Waals surface area (Å²) in [5, 5.41) is 0. The van der Waals surface area contributed by atoms with Crippen molar-refractivity contribution in [3.63, 3.8) is 0 Å². The molecule has 0 spiro atoms. The van der Waals surface area contributed by atoms with Gasteiger partial charge in [0.05, 0.1) is 0 Å². The molecule has 0 amide bonds. The maximum atomic E-state index is 11.9. The molecule has 0 aromatic heterocycles. The van der Waals surface area contributed by atoms with Gasteiger partial charge in [-0.3, -0.25) is 0 Å². The van der Waals surface area contributed by atoms with Gasteiger partial charge in [-0.15, -0.1) is 0 Å². The fourth-order valence-electron chi connectivity index (χ4n) is 2.06. The van der Waals surface area contributed by atoms with E-state index in [9.17, 15) is 4.79 Å². The fourth-order valence-corrected chi connectivity index (χ4v) is 6.34. The van der Waals surface area contributed by atoms with Gasteiger partial charge in [0, 0.05) is 0 Å². The van der Waals surface area contributed by atoms with E-state index in [4.69, 9.17) is 7.80 Å². The van der Waals surface area contributed by atoms with Crippen LogP contribution in [0.2, 0.25) is 0 Å². The Morgan fingerprint density at radius 2 is 1.67 bits per heavy atom. The molecule has 0 saturated heterocycles. The predicted molar refractivity (Wildman–Crippen MR) is 90.1 cm³/mol. The molecule has 110 valence electrons. The Kier molecular flexibility index (Phi) is 3.65. The molecule has 1 heterocycles. The van der Waals surface area contributed by atoms with Gasteiger partial charge in [-0.05, 0) is 0 Å². The zero-order valence-electron chi connectivity index (χ0n) is 12.2. The molecule has 0 N–H and O–H groups in total. The van der Waals surface area contributed by atoms with Gasteiger partial charge < -0.3 is 0 Å². The number of carbonyl (C=O) groups excluding carboxylic acids is 1. The Morgan fingerprint density at radius 3 is 2.33 bits per heavy atom. The van der Waals surface area contributed by atoms with Gasteiger partial charge in [-0.2, -0.15) is 0 Å². The zero-order valence-corrected chi connectivity index (χ0v) is 14.4. The Morgan fingerprint density at radius 1 is 1.00 bits per heavy atom. The van der Waals surface area contributed by atoms with Gasteiger partial charge in [0.25, 0.3) is 0 Å². The summed E-state index contributed by atoms with van der Waals surface area (Å²) >= 11 is -2.07. The molecular formula is C17H17IO3. The van der Waals surface area contributed by atoms with E-state index in [0.717, 1.165) is 18.5 Å². The minimum atomic E-state index is -2.07. The van der Waals surface area contributed by atoms with Crippen LogP contribution in [0, 0.1) is 7.14 Å². The standard InChI is InChI=1S/C17H17IO3/c1-17(2,3)20-13-10-8-12(9-11-13)18-15-7-5-4-6-14(15)16(19)21-18/h4-11H,1-3H3. The van der Waals surface area contributed by atoms with E-state index in [1.165, 1.54) is 0 Å². The Hall–Kier alpha value is -1.56. The van der Waals surface area contributed by atoms with Crippen LogP contribution < -0.4 is 4.74 Å². The normalized spacial score (nSPS) is 15.6. The molecule has 0 aliphatic carbocycles. The summed E-state index contributed by atoms with van der Waals surface area (Å²) in [5.74, 6) is 0.645. The van der Waals surface area contributed by atoms with Crippen LogP contribution in [-0.2, 0) is 3.07 Å². The van der Waals surface area contributed by atoms with Crippen molar-refractivity contribution >= 4 is 26.2 Å². The van der Waals surface area contributed by atoms with Gasteiger partial charge in [-0.25, -0.2) is 0 Å². The van der Waals surface area contributed by atoms with Crippen molar-refractivity contribution < 1.29 is 12.6 Å². The number of ether oxygens (including phenoxy) is 1. The van der Waals surface area contributed by atoms with Crippen LogP contribution in [0.15, 0.2) is 48.5 Å². The van der Waals surface area contributed by atoms with Gasteiger partial charge in [-0.1, -0.05) is 0 Å². The molecule has 2 aromatic carbocycles. The molecule has 2 aromatic rings. The SMILES string of the molecule is CC(C)(C)Oc1ccc(I2OC(=O)c3ccccc32)cc1. The van der Waals surface area contributed by atoms with Crippen molar-refractivity contribution in [3.05, 3.63) is 61.2 Å². The second-order valence-corrected chi connectivity index (χ2v) is 10.0. The van der Waals surface area contributed by atoms with E-state index in [0.29, 0.717) is 0 Å². The average Bonchev–Trinajstić information content (AvgIpc) is 2.76. The van der Waals surface area contributed by atoms with Crippen LogP contribution in [-0.4, -0.2) is 11.6 Å². The number of benzene rings is 2. The molecule has 0 atom stereocenters. The number of rotatable bonds is 2. The average molecular weight is 396 g/mol. The molecule has 4 heteroatoms. The number of carbonyl (C=O) groups is 1. The minimum absolute atomic E-state index is 0.189. The molecular weight excluding hydrogens is 379 g/mol. The zero-order chi connectivity index (χ0) is 15.0. The molecule has 3 nitrogen and oxygen atoms in total. The third-order valence-electron chi connectivity index (χ3n) is 2.86. The van der Waals surface area contributed by atoms with Crippen LogP contribution in [0.1, 0.15) is 31.1 Å². The van der Waals surface area contributed by atoms with Crippen LogP contribution in [0.3, 0.4) is 0 Å². The molecule has 21 heavy (non-hydrogen) atoms. The third-order valence-corrected chi connectivity index (χ3v) is 7.55. The number of hydrogen-bond acceptors (Lipinski definition) is 3.